The number of carbonyl (C=O) groups is 4. The molecule has 3 aliphatic heterocycles. The van der Waals surface area contributed by atoms with Crippen LogP contribution < -0.4 is 4.74 Å². The minimum atomic E-state index is -1.48. The topological polar surface area (TPSA) is 140 Å². The van der Waals surface area contributed by atoms with Crippen LogP contribution in [0.5, 0.6) is 23.0 Å². The van der Waals surface area contributed by atoms with Gasteiger partial charge in [0.05, 0.1) is 11.1 Å². The maximum Gasteiger partial charge on any atom is 0.363 e. The summed E-state index contributed by atoms with van der Waals surface area (Å²) in [6, 6.07) is 21.2. The summed E-state index contributed by atoms with van der Waals surface area (Å²) in [6.07, 6.45) is -0.0940. The number of hydrogen-bond acceptors (Lipinski definition) is 9. The number of nitrogens with zero attached hydrogens (tertiary/aromatic N) is 1. The average molecular weight is 574 g/mol. The van der Waals surface area contributed by atoms with Gasteiger partial charge in [0.15, 0.2) is 5.60 Å². The monoisotopic (exact) mass is 573 g/mol. The van der Waals surface area contributed by atoms with Crippen LogP contribution in [0.15, 0.2) is 78.9 Å². The number of phenols is 2. The Morgan fingerprint density at radius 2 is 1.28 bits per heavy atom. The summed E-state index contributed by atoms with van der Waals surface area (Å²) in [7, 11) is 0. The molecule has 1 saturated heterocycles. The Morgan fingerprint density at radius 3 is 1.86 bits per heavy atom. The summed E-state index contributed by atoms with van der Waals surface area (Å²) in [4.78, 5) is 55.5. The highest BCUT2D eigenvalue weighted by Gasteiger charge is 2.54. The van der Waals surface area contributed by atoms with E-state index in [1.54, 1.807) is 54.6 Å². The van der Waals surface area contributed by atoms with Crippen LogP contribution in [0.25, 0.3) is 21.5 Å². The van der Waals surface area contributed by atoms with E-state index in [9.17, 15) is 29.4 Å². The molecule has 0 unspecified atom stereocenters. The molecule has 1 spiro atoms. The van der Waals surface area contributed by atoms with Crippen molar-refractivity contribution in [3.8, 4) is 23.0 Å². The first-order valence-corrected chi connectivity index (χ1v) is 13.4. The number of imide groups is 1. The molecule has 3 aliphatic rings. The van der Waals surface area contributed by atoms with Crippen molar-refractivity contribution < 1.29 is 43.7 Å². The minimum Gasteiger partial charge on any atom is -0.508 e. The van der Waals surface area contributed by atoms with E-state index < -0.39 is 29.4 Å². The number of carbonyl (C=O) groups excluding carboxylic acids is 4. The fourth-order valence-electron chi connectivity index (χ4n) is 6.19. The van der Waals surface area contributed by atoms with Gasteiger partial charge in [0.1, 0.15) is 23.0 Å². The Balaban J connectivity index is 1.35. The minimum absolute atomic E-state index is 0.0456. The van der Waals surface area contributed by atoms with Crippen molar-refractivity contribution in [2.75, 3.05) is 0 Å². The Bertz CT molecular complexity index is 2030. The van der Waals surface area contributed by atoms with Crippen LogP contribution >= 0.6 is 0 Å². The molecule has 2 amide bonds. The van der Waals surface area contributed by atoms with Gasteiger partial charge < -0.3 is 24.5 Å². The van der Waals surface area contributed by atoms with Crippen LogP contribution in [0.3, 0.4) is 0 Å². The normalized spacial score (nSPS) is 16.2. The molecule has 10 nitrogen and oxygen atoms in total. The number of fused-ring (bicyclic) bond motifs is 10. The molecule has 5 aromatic carbocycles. The SMILES string of the molecule is O=C(ON1C(=O)CCC1=O)c1ccc2c(c1)C(=O)OC21c2ccc3cc(O)ccc3c2Oc2c1ccc1cc(O)ccc21. The second-order valence-corrected chi connectivity index (χ2v) is 10.6. The lowest BCUT2D eigenvalue weighted by Gasteiger charge is -2.37. The highest BCUT2D eigenvalue weighted by atomic mass is 16.7. The lowest BCUT2D eigenvalue weighted by molar-refractivity contribution is -0.172. The smallest absolute Gasteiger partial charge is 0.363 e. The lowest BCUT2D eigenvalue weighted by atomic mass is 9.76. The van der Waals surface area contributed by atoms with E-state index in [0.29, 0.717) is 54.8 Å². The van der Waals surface area contributed by atoms with Gasteiger partial charge >= 0.3 is 11.9 Å². The second-order valence-electron chi connectivity index (χ2n) is 10.6. The van der Waals surface area contributed by atoms with Gasteiger partial charge in [0.25, 0.3) is 11.8 Å². The zero-order valence-electron chi connectivity index (χ0n) is 22.1. The van der Waals surface area contributed by atoms with Crippen LogP contribution in [0, 0.1) is 0 Å². The van der Waals surface area contributed by atoms with Gasteiger partial charge in [0.2, 0.25) is 0 Å². The molecule has 2 N–H and O–H groups in total. The number of rotatable bonds is 2. The molecule has 210 valence electrons. The molecule has 43 heavy (non-hydrogen) atoms. The van der Waals surface area contributed by atoms with Crippen molar-refractivity contribution in [3.63, 3.8) is 0 Å². The predicted molar refractivity (Wildman–Crippen MR) is 150 cm³/mol. The van der Waals surface area contributed by atoms with Crippen molar-refractivity contribution in [1.82, 2.24) is 5.06 Å². The van der Waals surface area contributed by atoms with Crippen LogP contribution in [-0.4, -0.2) is 39.0 Å². The molecule has 1 fully saturated rings. The quantitative estimate of drug-likeness (QED) is 0.216. The van der Waals surface area contributed by atoms with Crippen molar-refractivity contribution in [2.45, 2.75) is 18.4 Å². The van der Waals surface area contributed by atoms with Crippen molar-refractivity contribution in [3.05, 3.63) is 107 Å². The van der Waals surface area contributed by atoms with Gasteiger partial charge in [0, 0.05) is 40.3 Å². The fourth-order valence-corrected chi connectivity index (χ4v) is 6.19. The van der Waals surface area contributed by atoms with E-state index in [1.807, 2.05) is 0 Å². The summed E-state index contributed by atoms with van der Waals surface area (Å²) < 4.78 is 12.9. The van der Waals surface area contributed by atoms with E-state index in [0.717, 1.165) is 0 Å². The van der Waals surface area contributed by atoms with Gasteiger partial charge in [-0.1, -0.05) is 18.2 Å². The van der Waals surface area contributed by atoms with Crippen LogP contribution in [0.4, 0.5) is 0 Å². The largest absolute Gasteiger partial charge is 0.508 e. The number of hydroxylamine groups is 2. The Labute approximate surface area is 242 Å². The molecule has 0 radical (unpaired) electrons. The first kappa shape index (κ1) is 24.9. The maximum absolute atomic E-state index is 13.6. The van der Waals surface area contributed by atoms with E-state index in [4.69, 9.17) is 14.3 Å². The van der Waals surface area contributed by atoms with Crippen molar-refractivity contribution >= 4 is 45.3 Å². The van der Waals surface area contributed by atoms with Gasteiger partial charge in [-0.2, -0.15) is 0 Å². The molecule has 0 aliphatic carbocycles. The third kappa shape index (κ3) is 3.40. The number of benzene rings is 5. The molecular formula is C33H19NO9. The number of aromatic hydroxyl groups is 2. The third-order valence-electron chi connectivity index (χ3n) is 8.15. The number of hydrogen-bond donors (Lipinski definition) is 2. The maximum atomic E-state index is 13.6. The molecule has 10 heteroatoms. The summed E-state index contributed by atoms with van der Waals surface area (Å²) in [5.74, 6) is -1.91. The Hall–Kier alpha value is -5.90. The number of esters is 1. The van der Waals surface area contributed by atoms with Crippen LogP contribution in [0.1, 0.15) is 50.2 Å². The second kappa shape index (κ2) is 8.56. The molecular weight excluding hydrogens is 554 g/mol. The first-order chi connectivity index (χ1) is 20.7. The summed E-state index contributed by atoms with van der Waals surface area (Å²) in [5.41, 5.74) is 0.0969. The van der Waals surface area contributed by atoms with Gasteiger partial charge in [-0.25, -0.2) is 9.59 Å². The summed E-state index contributed by atoms with van der Waals surface area (Å²) in [6.45, 7) is 0. The van der Waals surface area contributed by atoms with Gasteiger partial charge in [-0.05, 0) is 71.4 Å². The molecule has 0 saturated carbocycles. The highest BCUT2D eigenvalue weighted by Crippen LogP contribution is 2.59. The third-order valence-corrected chi connectivity index (χ3v) is 8.15. The summed E-state index contributed by atoms with van der Waals surface area (Å²) >= 11 is 0. The zero-order valence-corrected chi connectivity index (χ0v) is 22.1. The molecule has 0 aromatic heterocycles. The highest BCUT2D eigenvalue weighted by molar-refractivity contribution is 6.05. The Morgan fingerprint density at radius 1 is 0.721 bits per heavy atom. The molecule has 5 aromatic rings. The average Bonchev–Trinajstić information content (AvgIpc) is 3.47. The van der Waals surface area contributed by atoms with E-state index in [1.165, 1.54) is 24.3 Å². The standard InChI is InChI=1S/C33H19NO9/c35-19-4-6-21-16(13-19)1-9-25-29(21)41-30-22-7-5-20(36)14-17(22)2-10-26(30)33(25)24-8-3-18(15-23(24)32(40)42-33)31(39)43-34-27(37)11-12-28(34)38/h1-10,13-15,35-36H,11-12H2. The van der Waals surface area contributed by atoms with E-state index in [-0.39, 0.29) is 35.5 Å². The predicted octanol–water partition coefficient (Wildman–Crippen LogP) is 5.19. The number of phenolic OH excluding ortho intramolecular Hbond substituents is 2. The summed E-state index contributed by atoms with van der Waals surface area (Å²) in [5, 5.41) is 23.4. The van der Waals surface area contributed by atoms with E-state index >= 15 is 0 Å². The van der Waals surface area contributed by atoms with Gasteiger partial charge in [-0.3, -0.25) is 9.59 Å². The van der Waals surface area contributed by atoms with Crippen molar-refractivity contribution in [1.29, 1.82) is 0 Å². The first-order valence-electron chi connectivity index (χ1n) is 13.4. The van der Waals surface area contributed by atoms with Gasteiger partial charge in [-0.15, -0.1) is 5.06 Å². The lowest BCUT2D eigenvalue weighted by Crippen LogP contribution is -2.33. The van der Waals surface area contributed by atoms with Crippen molar-refractivity contribution in [2.24, 2.45) is 0 Å². The van der Waals surface area contributed by atoms with Crippen LogP contribution in [-0.2, 0) is 24.8 Å². The zero-order chi connectivity index (χ0) is 29.6. The molecule has 8 rings (SSSR count). The number of ether oxygens (including phenoxy) is 2. The number of amides is 2. The van der Waals surface area contributed by atoms with Crippen LogP contribution in [0.2, 0.25) is 0 Å². The fraction of sp³-hybridized carbons (Fsp3) is 0.0909. The molecule has 0 atom stereocenters. The van der Waals surface area contributed by atoms with E-state index in [2.05, 4.69) is 0 Å². The molecule has 3 heterocycles. The molecule has 0 bridgehead atoms. The Kier molecular flexibility index (Phi) is 4.95.